The number of benzene rings is 1. The maximum Gasteiger partial charge on any atom is 0.467 e. The molecular formula is C12H20BNO4S. The van der Waals surface area contributed by atoms with Gasteiger partial charge in [-0.3, -0.25) is 0 Å². The van der Waals surface area contributed by atoms with Gasteiger partial charge >= 0.3 is 7.12 Å². The number of hydrogen-bond acceptors (Lipinski definition) is 4. The molecule has 0 saturated carbocycles. The van der Waals surface area contributed by atoms with Crippen LogP contribution >= 0.6 is 0 Å². The average molecular weight is 285 g/mol. The van der Waals surface area contributed by atoms with E-state index in [9.17, 15) is 8.42 Å². The van der Waals surface area contributed by atoms with Gasteiger partial charge in [0.1, 0.15) is 0 Å². The second-order valence-corrected chi connectivity index (χ2v) is 7.32. The molecule has 0 aliphatic carbocycles. The Morgan fingerprint density at radius 3 is 2.11 bits per heavy atom. The van der Waals surface area contributed by atoms with Crippen LogP contribution < -0.4 is 0 Å². The fourth-order valence-corrected chi connectivity index (χ4v) is 3.78. The van der Waals surface area contributed by atoms with Gasteiger partial charge in [-0.25, -0.2) is 8.42 Å². The molecule has 1 aromatic carbocycles. The molecule has 0 amide bonds. The third-order valence-electron chi connectivity index (χ3n) is 2.60. The first-order valence-electron chi connectivity index (χ1n) is 6.03. The van der Waals surface area contributed by atoms with E-state index in [1.807, 2.05) is 6.07 Å². The van der Waals surface area contributed by atoms with Crippen molar-refractivity contribution >= 4 is 17.1 Å². The van der Waals surface area contributed by atoms with Gasteiger partial charge in [0.05, 0.1) is 5.75 Å². The van der Waals surface area contributed by atoms with E-state index in [0.717, 1.165) is 4.31 Å². The monoisotopic (exact) mass is 285 g/mol. The Bertz CT molecular complexity index is 496. The molecule has 0 bridgehead atoms. The smallest absolute Gasteiger partial charge is 0.426 e. The zero-order valence-corrected chi connectivity index (χ0v) is 12.3. The highest BCUT2D eigenvalue weighted by atomic mass is 32.2. The highest BCUT2D eigenvalue weighted by Crippen LogP contribution is 2.21. The highest BCUT2D eigenvalue weighted by molar-refractivity contribution is 7.88. The molecule has 0 atom stereocenters. The van der Waals surface area contributed by atoms with E-state index >= 15 is 0 Å². The third-order valence-corrected chi connectivity index (χ3v) is 4.67. The Balaban J connectivity index is 3.00. The number of sulfonamides is 1. The van der Waals surface area contributed by atoms with Gasteiger partial charge in [0, 0.05) is 12.0 Å². The lowest BCUT2D eigenvalue weighted by Gasteiger charge is -2.34. The largest absolute Gasteiger partial charge is 0.467 e. The lowest BCUT2D eigenvalue weighted by Crippen LogP contribution is -2.50. The molecule has 0 unspecified atom stereocenters. The van der Waals surface area contributed by atoms with Crippen LogP contribution in [0.15, 0.2) is 30.3 Å². The fourth-order valence-electron chi connectivity index (χ4n) is 1.82. The van der Waals surface area contributed by atoms with Crippen molar-refractivity contribution in [2.24, 2.45) is 0 Å². The summed E-state index contributed by atoms with van der Waals surface area (Å²) in [4.78, 5) is 0. The van der Waals surface area contributed by atoms with Crippen molar-refractivity contribution in [1.29, 1.82) is 0 Å². The van der Waals surface area contributed by atoms with Crippen molar-refractivity contribution in [2.45, 2.75) is 32.1 Å². The first-order valence-corrected chi connectivity index (χ1v) is 7.64. The standard InChI is InChI=1S/C12H20BNO4S/c1-12(2,3)14(10-13(15)16)19(17,18)9-11-7-5-4-6-8-11/h4-8,15-16H,9-10H2,1-3H3. The summed E-state index contributed by atoms with van der Waals surface area (Å²) in [6.07, 6.45) is -0.335. The summed E-state index contributed by atoms with van der Waals surface area (Å²) in [5, 5.41) is 18.1. The Labute approximate surface area is 115 Å². The van der Waals surface area contributed by atoms with Crippen LogP contribution in [0.4, 0.5) is 0 Å². The highest BCUT2D eigenvalue weighted by Gasteiger charge is 2.35. The van der Waals surface area contributed by atoms with Gasteiger partial charge in [0.25, 0.3) is 0 Å². The summed E-state index contributed by atoms with van der Waals surface area (Å²) in [6, 6.07) is 8.82. The van der Waals surface area contributed by atoms with Crippen LogP contribution in [0, 0.1) is 0 Å². The zero-order chi connectivity index (χ0) is 14.7. The van der Waals surface area contributed by atoms with E-state index < -0.39 is 22.7 Å². The Hall–Kier alpha value is -0.885. The normalized spacial score (nSPS) is 12.7. The van der Waals surface area contributed by atoms with Crippen molar-refractivity contribution in [1.82, 2.24) is 4.31 Å². The van der Waals surface area contributed by atoms with E-state index in [1.54, 1.807) is 45.0 Å². The number of nitrogens with zero attached hydrogens (tertiary/aromatic N) is 1. The zero-order valence-electron chi connectivity index (χ0n) is 11.4. The number of rotatable bonds is 5. The molecule has 2 N–H and O–H groups in total. The van der Waals surface area contributed by atoms with E-state index in [2.05, 4.69) is 0 Å². The molecule has 19 heavy (non-hydrogen) atoms. The molecular weight excluding hydrogens is 265 g/mol. The molecule has 1 rings (SSSR count). The maximum atomic E-state index is 12.4. The van der Waals surface area contributed by atoms with Crippen molar-refractivity contribution in [3.8, 4) is 0 Å². The van der Waals surface area contributed by atoms with Gasteiger partial charge in [-0.15, -0.1) is 0 Å². The molecule has 7 heteroatoms. The first kappa shape index (κ1) is 16.2. The lowest BCUT2D eigenvalue weighted by atomic mass is 9.90. The van der Waals surface area contributed by atoms with Gasteiger partial charge in [0.2, 0.25) is 10.0 Å². The van der Waals surface area contributed by atoms with Gasteiger partial charge < -0.3 is 10.0 Å². The summed E-state index contributed by atoms with van der Waals surface area (Å²) >= 11 is 0. The van der Waals surface area contributed by atoms with Crippen LogP contribution in [0.3, 0.4) is 0 Å². The maximum absolute atomic E-state index is 12.4. The van der Waals surface area contributed by atoms with Gasteiger partial charge in [0.15, 0.2) is 0 Å². The molecule has 0 aromatic heterocycles. The second kappa shape index (κ2) is 6.05. The van der Waals surface area contributed by atoms with E-state index in [4.69, 9.17) is 10.0 Å². The SMILES string of the molecule is CC(C)(C)N(CB(O)O)S(=O)(=O)Cc1ccccc1. The van der Waals surface area contributed by atoms with Crippen LogP contribution in [-0.2, 0) is 15.8 Å². The first-order chi connectivity index (χ1) is 8.63. The van der Waals surface area contributed by atoms with Crippen molar-refractivity contribution < 1.29 is 18.5 Å². The van der Waals surface area contributed by atoms with Crippen LogP contribution in [0.5, 0.6) is 0 Å². The van der Waals surface area contributed by atoms with Crippen molar-refractivity contribution in [3.05, 3.63) is 35.9 Å². The summed E-state index contributed by atoms with van der Waals surface area (Å²) in [5.41, 5.74) is -0.0405. The van der Waals surface area contributed by atoms with Crippen molar-refractivity contribution in [2.75, 3.05) is 6.44 Å². The van der Waals surface area contributed by atoms with Crippen LogP contribution in [-0.4, -0.2) is 41.9 Å². The molecule has 0 spiro atoms. The minimum absolute atomic E-state index is 0.155. The Kier molecular flexibility index (Phi) is 5.14. The summed E-state index contributed by atoms with van der Waals surface area (Å²) in [5.74, 6) is -0.155. The molecule has 0 radical (unpaired) electrons. The predicted octanol–water partition coefficient (Wildman–Crippen LogP) is 0.629. The molecule has 106 valence electrons. The third kappa shape index (κ3) is 4.95. The van der Waals surface area contributed by atoms with Crippen LogP contribution in [0.25, 0.3) is 0 Å². The minimum atomic E-state index is -3.61. The summed E-state index contributed by atoms with van der Waals surface area (Å²) in [7, 11) is -5.30. The Morgan fingerprint density at radius 1 is 1.16 bits per heavy atom. The quantitative estimate of drug-likeness (QED) is 0.778. The molecule has 0 saturated heterocycles. The fraction of sp³-hybridized carbons (Fsp3) is 0.500. The summed E-state index contributed by atoms with van der Waals surface area (Å²) in [6.45, 7) is 5.16. The summed E-state index contributed by atoms with van der Waals surface area (Å²) < 4.78 is 25.9. The number of hydrogen-bond donors (Lipinski definition) is 2. The van der Waals surface area contributed by atoms with Crippen LogP contribution in [0.2, 0.25) is 0 Å². The van der Waals surface area contributed by atoms with Gasteiger partial charge in [-0.1, -0.05) is 30.3 Å². The molecule has 1 aromatic rings. The molecule has 0 heterocycles. The van der Waals surface area contributed by atoms with Crippen molar-refractivity contribution in [3.63, 3.8) is 0 Å². The lowest BCUT2D eigenvalue weighted by molar-refractivity contribution is 0.254. The van der Waals surface area contributed by atoms with E-state index in [1.165, 1.54) is 0 Å². The predicted molar refractivity (Wildman–Crippen MR) is 75.7 cm³/mol. The second-order valence-electron chi connectivity index (χ2n) is 5.42. The molecule has 5 nitrogen and oxygen atoms in total. The topological polar surface area (TPSA) is 77.8 Å². The van der Waals surface area contributed by atoms with E-state index in [-0.39, 0.29) is 12.2 Å². The molecule has 0 aliphatic rings. The molecule has 0 aliphatic heterocycles. The van der Waals surface area contributed by atoms with Gasteiger partial charge in [-0.05, 0) is 26.3 Å². The van der Waals surface area contributed by atoms with E-state index in [0.29, 0.717) is 5.56 Å². The average Bonchev–Trinajstić information content (AvgIpc) is 2.25. The van der Waals surface area contributed by atoms with Crippen LogP contribution in [0.1, 0.15) is 26.3 Å². The molecule has 0 fully saturated rings. The van der Waals surface area contributed by atoms with Gasteiger partial charge in [-0.2, -0.15) is 4.31 Å². The minimum Gasteiger partial charge on any atom is -0.426 e. The Morgan fingerprint density at radius 2 is 1.68 bits per heavy atom.